The zero-order valence-electron chi connectivity index (χ0n) is 17.1. The molecule has 2 N–H and O–H groups in total. The van der Waals surface area contributed by atoms with E-state index >= 15 is 0 Å². The standard InChI is InChI=1S/C22H26N2O5/c1-13-5-6-16(9-14(13)2)23-22(27)24-8-7-15-10-19(28-3)20(29-4)11-17(15)18(24)12-21(25)26/h5-6,9-11,18H,7-8,12H2,1-4H3,(H,23,27)(H,25,26)/t18-/m0/s1. The summed E-state index contributed by atoms with van der Waals surface area (Å²) >= 11 is 0. The molecular formula is C22H26N2O5. The maximum absolute atomic E-state index is 13.0. The molecule has 1 atom stereocenters. The lowest BCUT2D eigenvalue weighted by Gasteiger charge is -2.37. The Kier molecular flexibility index (Phi) is 5.96. The maximum Gasteiger partial charge on any atom is 0.322 e. The monoisotopic (exact) mass is 398 g/mol. The van der Waals surface area contributed by atoms with Gasteiger partial charge in [-0.05, 0) is 66.8 Å². The van der Waals surface area contributed by atoms with Crippen molar-refractivity contribution in [2.75, 3.05) is 26.1 Å². The molecular weight excluding hydrogens is 372 g/mol. The van der Waals surface area contributed by atoms with E-state index in [9.17, 15) is 14.7 Å². The molecule has 29 heavy (non-hydrogen) atoms. The van der Waals surface area contributed by atoms with Crippen molar-refractivity contribution in [1.82, 2.24) is 4.90 Å². The van der Waals surface area contributed by atoms with Gasteiger partial charge in [-0.2, -0.15) is 0 Å². The molecule has 1 heterocycles. The van der Waals surface area contributed by atoms with Crippen molar-refractivity contribution in [3.05, 3.63) is 52.6 Å². The van der Waals surface area contributed by atoms with E-state index in [0.717, 1.165) is 22.3 Å². The summed E-state index contributed by atoms with van der Waals surface area (Å²) in [4.78, 5) is 26.1. The van der Waals surface area contributed by atoms with Gasteiger partial charge in [0, 0.05) is 12.2 Å². The molecule has 7 heteroatoms. The Morgan fingerprint density at radius 2 is 1.79 bits per heavy atom. The van der Waals surface area contributed by atoms with Gasteiger partial charge in [-0.15, -0.1) is 0 Å². The number of aryl methyl sites for hydroxylation is 2. The Morgan fingerprint density at radius 1 is 1.10 bits per heavy atom. The largest absolute Gasteiger partial charge is 0.493 e. The number of amides is 2. The Balaban J connectivity index is 1.93. The Morgan fingerprint density at radius 3 is 2.41 bits per heavy atom. The Labute approximate surface area is 170 Å². The summed E-state index contributed by atoms with van der Waals surface area (Å²) in [7, 11) is 3.09. The first-order valence-electron chi connectivity index (χ1n) is 9.45. The van der Waals surface area contributed by atoms with E-state index in [1.54, 1.807) is 18.1 Å². The van der Waals surface area contributed by atoms with Gasteiger partial charge in [-0.25, -0.2) is 4.79 Å². The van der Waals surface area contributed by atoms with Crippen molar-refractivity contribution in [2.45, 2.75) is 32.7 Å². The number of benzene rings is 2. The van der Waals surface area contributed by atoms with Crippen LogP contribution in [0.5, 0.6) is 11.5 Å². The number of aliphatic carboxylic acids is 1. The Hall–Kier alpha value is -3.22. The normalized spacial score (nSPS) is 15.4. The number of carbonyl (C=O) groups excluding carboxylic acids is 1. The number of rotatable bonds is 5. The number of nitrogens with one attached hydrogen (secondary N) is 1. The van der Waals surface area contributed by atoms with E-state index in [4.69, 9.17) is 9.47 Å². The molecule has 0 aromatic heterocycles. The summed E-state index contributed by atoms with van der Waals surface area (Å²) in [6.07, 6.45) is 0.412. The first kappa shape index (κ1) is 20.5. The molecule has 7 nitrogen and oxygen atoms in total. The number of hydrogen-bond acceptors (Lipinski definition) is 4. The number of methoxy groups -OCH3 is 2. The van der Waals surface area contributed by atoms with Crippen LogP contribution < -0.4 is 14.8 Å². The SMILES string of the molecule is COc1cc2c(cc1OC)[C@H](CC(=O)O)N(C(=O)Nc1ccc(C)c(C)c1)CC2. The molecule has 2 aromatic rings. The van der Waals surface area contributed by atoms with Crippen molar-refractivity contribution in [1.29, 1.82) is 0 Å². The summed E-state index contributed by atoms with van der Waals surface area (Å²) in [6.45, 7) is 4.40. The van der Waals surface area contributed by atoms with Crippen LogP contribution in [-0.4, -0.2) is 42.8 Å². The van der Waals surface area contributed by atoms with Crippen LogP contribution in [0.3, 0.4) is 0 Å². The van der Waals surface area contributed by atoms with Crippen molar-refractivity contribution < 1.29 is 24.2 Å². The molecule has 0 fully saturated rings. The van der Waals surface area contributed by atoms with Gasteiger partial charge >= 0.3 is 12.0 Å². The van der Waals surface area contributed by atoms with Crippen LogP contribution >= 0.6 is 0 Å². The van der Waals surface area contributed by atoms with Crippen LogP contribution in [0.25, 0.3) is 0 Å². The fourth-order valence-corrected chi connectivity index (χ4v) is 3.67. The van der Waals surface area contributed by atoms with Gasteiger partial charge in [0.15, 0.2) is 11.5 Å². The van der Waals surface area contributed by atoms with Gasteiger partial charge in [0.25, 0.3) is 0 Å². The lowest BCUT2D eigenvalue weighted by atomic mass is 9.90. The summed E-state index contributed by atoms with van der Waals surface area (Å²) in [5.74, 6) is 0.132. The molecule has 3 rings (SSSR count). The minimum atomic E-state index is -0.971. The quantitative estimate of drug-likeness (QED) is 0.797. The lowest BCUT2D eigenvalue weighted by Crippen LogP contribution is -2.43. The molecule has 1 aliphatic rings. The fraction of sp³-hybridized carbons (Fsp3) is 0.364. The number of anilines is 1. The van der Waals surface area contributed by atoms with Crippen molar-refractivity contribution in [2.24, 2.45) is 0 Å². The molecule has 0 unspecified atom stereocenters. The minimum Gasteiger partial charge on any atom is -0.493 e. The number of fused-ring (bicyclic) bond motifs is 1. The van der Waals surface area contributed by atoms with Crippen molar-refractivity contribution >= 4 is 17.7 Å². The highest BCUT2D eigenvalue weighted by atomic mass is 16.5. The van der Waals surface area contributed by atoms with Crippen LogP contribution in [0.1, 0.15) is 34.7 Å². The molecule has 154 valence electrons. The van der Waals surface area contributed by atoms with E-state index in [1.165, 1.54) is 7.11 Å². The third-order valence-electron chi connectivity index (χ3n) is 5.39. The first-order chi connectivity index (χ1) is 13.8. The molecule has 0 aliphatic carbocycles. The van der Waals surface area contributed by atoms with Gasteiger partial charge in [-0.3, -0.25) is 4.79 Å². The fourth-order valence-electron chi connectivity index (χ4n) is 3.67. The van der Waals surface area contributed by atoms with Gasteiger partial charge < -0.3 is 24.8 Å². The highest BCUT2D eigenvalue weighted by Gasteiger charge is 2.33. The first-order valence-corrected chi connectivity index (χ1v) is 9.45. The maximum atomic E-state index is 13.0. The van der Waals surface area contributed by atoms with E-state index in [-0.39, 0.29) is 12.5 Å². The zero-order valence-corrected chi connectivity index (χ0v) is 17.1. The second kappa shape index (κ2) is 8.43. The lowest BCUT2D eigenvalue weighted by molar-refractivity contribution is -0.138. The van der Waals surface area contributed by atoms with Crippen molar-refractivity contribution in [3.63, 3.8) is 0 Å². The third-order valence-corrected chi connectivity index (χ3v) is 5.39. The van der Waals surface area contributed by atoms with Crippen LogP contribution in [0.15, 0.2) is 30.3 Å². The topological polar surface area (TPSA) is 88.1 Å². The van der Waals surface area contributed by atoms with Crippen LogP contribution in [0.4, 0.5) is 10.5 Å². The van der Waals surface area contributed by atoms with Gasteiger partial charge in [0.05, 0.1) is 26.7 Å². The van der Waals surface area contributed by atoms with E-state index in [2.05, 4.69) is 5.32 Å². The summed E-state index contributed by atoms with van der Waals surface area (Å²) in [6, 6.07) is 8.42. The average Bonchev–Trinajstić information content (AvgIpc) is 2.69. The van der Waals surface area contributed by atoms with Crippen molar-refractivity contribution in [3.8, 4) is 11.5 Å². The number of carboxylic acids is 1. The number of carbonyl (C=O) groups is 2. The molecule has 0 saturated heterocycles. The highest BCUT2D eigenvalue weighted by molar-refractivity contribution is 5.90. The summed E-state index contributed by atoms with van der Waals surface area (Å²) < 4.78 is 10.7. The molecule has 0 saturated carbocycles. The number of nitrogens with zero attached hydrogens (tertiary/aromatic N) is 1. The molecule has 2 aromatic carbocycles. The van der Waals surface area contributed by atoms with Gasteiger partial charge in [-0.1, -0.05) is 6.07 Å². The van der Waals surface area contributed by atoms with E-state index in [0.29, 0.717) is 30.2 Å². The zero-order chi connectivity index (χ0) is 21.1. The summed E-state index contributed by atoms with van der Waals surface area (Å²) in [5, 5.41) is 12.4. The number of hydrogen-bond donors (Lipinski definition) is 2. The van der Waals surface area contributed by atoms with Crippen LogP contribution in [0.2, 0.25) is 0 Å². The van der Waals surface area contributed by atoms with Gasteiger partial charge in [0.1, 0.15) is 0 Å². The average molecular weight is 398 g/mol. The molecule has 1 aliphatic heterocycles. The predicted octanol–water partition coefficient (Wildman–Crippen LogP) is 3.93. The number of carboxylic acid groups (broad SMARTS) is 1. The number of urea groups is 1. The van der Waals surface area contributed by atoms with Gasteiger partial charge in [0.2, 0.25) is 0 Å². The second-order valence-electron chi connectivity index (χ2n) is 7.19. The van der Waals surface area contributed by atoms with E-state index in [1.807, 2.05) is 38.1 Å². The second-order valence-corrected chi connectivity index (χ2v) is 7.19. The van der Waals surface area contributed by atoms with Crippen LogP contribution in [-0.2, 0) is 11.2 Å². The third kappa shape index (κ3) is 4.29. The molecule has 0 bridgehead atoms. The molecule has 0 radical (unpaired) electrons. The smallest absolute Gasteiger partial charge is 0.322 e. The Bertz CT molecular complexity index is 941. The molecule has 0 spiro atoms. The summed E-state index contributed by atoms with van der Waals surface area (Å²) in [5.41, 5.74) is 4.63. The minimum absolute atomic E-state index is 0.192. The van der Waals surface area contributed by atoms with Crippen LogP contribution in [0, 0.1) is 13.8 Å². The molecule has 2 amide bonds. The number of ether oxygens (including phenoxy) is 2. The highest BCUT2D eigenvalue weighted by Crippen LogP contribution is 2.39. The van der Waals surface area contributed by atoms with E-state index < -0.39 is 12.0 Å². The predicted molar refractivity (Wildman–Crippen MR) is 110 cm³/mol.